The molecule has 1 aromatic rings. The normalized spacial score (nSPS) is 15.0. The van der Waals surface area contributed by atoms with E-state index in [1.807, 2.05) is 12.1 Å². The highest BCUT2D eigenvalue weighted by molar-refractivity contribution is 5.99. The lowest BCUT2D eigenvalue weighted by Crippen LogP contribution is -2.30. The Balaban J connectivity index is 1.90. The van der Waals surface area contributed by atoms with E-state index in [-0.39, 0.29) is 0 Å². The van der Waals surface area contributed by atoms with E-state index in [4.69, 9.17) is 4.74 Å². The molecule has 0 bridgehead atoms. The lowest BCUT2D eigenvalue weighted by Gasteiger charge is -2.15. The zero-order chi connectivity index (χ0) is 13.5. The molecule has 4 nitrogen and oxygen atoms in total. The molecule has 0 saturated heterocycles. The minimum Gasteiger partial charge on any atom is -0.494 e. The van der Waals surface area contributed by atoms with Gasteiger partial charge in [0.05, 0.1) is 6.61 Å². The van der Waals surface area contributed by atoms with Crippen molar-refractivity contribution in [3.05, 3.63) is 29.8 Å². The summed E-state index contributed by atoms with van der Waals surface area (Å²) in [6, 6.07) is 8.16. The highest BCUT2D eigenvalue weighted by Gasteiger charge is 2.07. The number of amidine groups is 1. The Kier molecular flexibility index (Phi) is 5.21. The first-order valence-electron chi connectivity index (χ1n) is 6.92. The second-order valence-electron chi connectivity index (χ2n) is 5.04. The van der Waals surface area contributed by atoms with Crippen LogP contribution >= 0.6 is 0 Å². The van der Waals surface area contributed by atoms with Gasteiger partial charge in [0.15, 0.2) is 0 Å². The number of hydrogen-bond donors (Lipinski definition) is 1. The number of aliphatic imine (C=N–C) groups is 1. The molecule has 1 aliphatic heterocycles. The zero-order valence-electron chi connectivity index (χ0n) is 11.9. The van der Waals surface area contributed by atoms with E-state index >= 15 is 0 Å². The molecule has 1 aromatic carbocycles. The van der Waals surface area contributed by atoms with Gasteiger partial charge in [-0.05, 0) is 39.1 Å². The van der Waals surface area contributed by atoms with Crippen LogP contribution in [0.25, 0.3) is 0 Å². The smallest absolute Gasteiger partial charge is 0.128 e. The third kappa shape index (κ3) is 4.56. The first-order chi connectivity index (χ1) is 9.25. The topological polar surface area (TPSA) is 36.9 Å². The van der Waals surface area contributed by atoms with Crippen molar-refractivity contribution in [3.8, 4) is 5.75 Å². The quantitative estimate of drug-likeness (QED) is 0.793. The van der Waals surface area contributed by atoms with E-state index in [1.54, 1.807) is 0 Å². The standard InChI is InChI=1S/C15H23N3O/c1-18(2)10-5-11-19-14-7-3-6-13(12-14)15-16-8-4-9-17-15/h3,6-7,12H,4-5,8-11H2,1-2H3,(H,16,17). The van der Waals surface area contributed by atoms with Gasteiger partial charge in [0.2, 0.25) is 0 Å². The van der Waals surface area contributed by atoms with Gasteiger partial charge in [0.25, 0.3) is 0 Å². The molecule has 0 fully saturated rings. The van der Waals surface area contributed by atoms with Crippen molar-refractivity contribution in [2.45, 2.75) is 12.8 Å². The van der Waals surface area contributed by atoms with E-state index in [1.165, 1.54) is 0 Å². The lowest BCUT2D eigenvalue weighted by atomic mass is 10.1. The van der Waals surface area contributed by atoms with Crippen LogP contribution in [0.3, 0.4) is 0 Å². The van der Waals surface area contributed by atoms with E-state index in [9.17, 15) is 0 Å². The lowest BCUT2D eigenvalue weighted by molar-refractivity contribution is 0.281. The van der Waals surface area contributed by atoms with Crippen LogP contribution in [0.4, 0.5) is 0 Å². The Labute approximate surface area is 115 Å². The van der Waals surface area contributed by atoms with Crippen LogP contribution in [0.15, 0.2) is 29.3 Å². The van der Waals surface area contributed by atoms with Gasteiger partial charge in [-0.1, -0.05) is 12.1 Å². The van der Waals surface area contributed by atoms with Crippen LogP contribution in [-0.4, -0.2) is 51.1 Å². The van der Waals surface area contributed by atoms with Crippen molar-refractivity contribution in [1.29, 1.82) is 0 Å². The average molecular weight is 261 g/mol. The molecule has 0 unspecified atom stereocenters. The van der Waals surface area contributed by atoms with Crippen LogP contribution in [0, 0.1) is 0 Å². The molecule has 1 N–H and O–H groups in total. The van der Waals surface area contributed by atoms with Crippen molar-refractivity contribution in [1.82, 2.24) is 10.2 Å². The minimum atomic E-state index is 0.752. The summed E-state index contributed by atoms with van der Waals surface area (Å²) in [5.41, 5.74) is 1.12. The predicted molar refractivity (Wildman–Crippen MR) is 79.1 cm³/mol. The third-order valence-corrected chi connectivity index (χ3v) is 3.02. The molecular formula is C15H23N3O. The molecule has 0 atom stereocenters. The molecule has 0 spiro atoms. The number of benzene rings is 1. The molecule has 2 rings (SSSR count). The first-order valence-corrected chi connectivity index (χ1v) is 6.92. The van der Waals surface area contributed by atoms with Crippen molar-refractivity contribution in [2.24, 2.45) is 4.99 Å². The summed E-state index contributed by atoms with van der Waals surface area (Å²) in [5.74, 6) is 1.91. The van der Waals surface area contributed by atoms with Gasteiger partial charge in [0.1, 0.15) is 11.6 Å². The maximum absolute atomic E-state index is 5.78. The second-order valence-corrected chi connectivity index (χ2v) is 5.04. The van der Waals surface area contributed by atoms with E-state index in [0.29, 0.717) is 0 Å². The number of hydrogen-bond acceptors (Lipinski definition) is 4. The summed E-state index contributed by atoms with van der Waals surface area (Å²) >= 11 is 0. The molecule has 4 heteroatoms. The molecule has 0 radical (unpaired) electrons. The Bertz CT molecular complexity index is 429. The number of ether oxygens (including phenoxy) is 1. The van der Waals surface area contributed by atoms with E-state index in [2.05, 4.69) is 41.4 Å². The fourth-order valence-electron chi connectivity index (χ4n) is 2.03. The highest BCUT2D eigenvalue weighted by atomic mass is 16.5. The fraction of sp³-hybridized carbons (Fsp3) is 0.533. The summed E-state index contributed by atoms with van der Waals surface area (Å²) in [7, 11) is 4.15. The summed E-state index contributed by atoms with van der Waals surface area (Å²) in [6.45, 7) is 3.72. The van der Waals surface area contributed by atoms with Gasteiger partial charge in [-0.3, -0.25) is 4.99 Å². The molecule has 0 saturated carbocycles. The molecule has 0 aromatic heterocycles. The summed E-state index contributed by atoms with van der Waals surface area (Å²) in [5, 5.41) is 3.33. The Morgan fingerprint density at radius 1 is 1.37 bits per heavy atom. The highest BCUT2D eigenvalue weighted by Crippen LogP contribution is 2.14. The van der Waals surface area contributed by atoms with Crippen molar-refractivity contribution < 1.29 is 4.74 Å². The number of rotatable bonds is 6. The van der Waals surface area contributed by atoms with E-state index in [0.717, 1.165) is 56.2 Å². The first kappa shape index (κ1) is 13.9. The summed E-state index contributed by atoms with van der Waals surface area (Å²) in [4.78, 5) is 6.67. The summed E-state index contributed by atoms with van der Waals surface area (Å²) in [6.07, 6.45) is 2.15. The van der Waals surface area contributed by atoms with Crippen molar-refractivity contribution >= 4 is 5.84 Å². The molecule has 0 aliphatic carbocycles. The molecule has 0 amide bonds. The Hall–Kier alpha value is -1.55. The van der Waals surface area contributed by atoms with Crippen molar-refractivity contribution in [3.63, 3.8) is 0 Å². The minimum absolute atomic E-state index is 0.752. The molecule has 104 valence electrons. The van der Waals surface area contributed by atoms with Gasteiger partial charge >= 0.3 is 0 Å². The Morgan fingerprint density at radius 2 is 2.26 bits per heavy atom. The maximum Gasteiger partial charge on any atom is 0.128 e. The van der Waals surface area contributed by atoms with Crippen LogP contribution in [-0.2, 0) is 0 Å². The van der Waals surface area contributed by atoms with Gasteiger partial charge < -0.3 is 15.0 Å². The predicted octanol–water partition coefficient (Wildman–Crippen LogP) is 1.76. The van der Waals surface area contributed by atoms with Crippen LogP contribution < -0.4 is 10.1 Å². The largest absolute Gasteiger partial charge is 0.494 e. The average Bonchev–Trinajstić information content (AvgIpc) is 2.45. The molecule has 19 heavy (non-hydrogen) atoms. The zero-order valence-corrected chi connectivity index (χ0v) is 11.9. The molecular weight excluding hydrogens is 238 g/mol. The van der Waals surface area contributed by atoms with Crippen molar-refractivity contribution in [2.75, 3.05) is 40.3 Å². The van der Waals surface area contributed by atoms with Crippen LogP contribution in [0.5, 0.6) is 5.75 Å². The van der Waals surface area contributed by atoms with Gasteiger partial charge in [-0.25, -0.2) is 0 Å². The van der Waals surface area contributed by atoms with Crippen LogP contribution in [0.1, 0.15) is 18.4 Å². The van der Waals surface area contributed by atoms with Gasteiger partial charge in [-0.15, -0.1) is 0 Å². The SMILES string of the molecule is CN(C)CCCOc1cccc(C2=NCCCN2)c1. The number of nitrogens with zero attached hydrogens (tertiary/aromatic N) is 2. The van der Waals surface area contributed by atoms with E-state index < -0.39 is 0 Å². The second kappa shape index (κ2) is 7.14. The molecule has 1 heterocycles. The summed E-state index contributed by atoms with van der Waals surface area (Å²) < 4.78 is 5.78. The molecule has 1 aliphatic rings. The van der Waals surface area contributed by atoms with Crippen LogP contribution in [0.2, 0.25) is 0 Å². The third-order valence-electron chi connectivity index (χ3n) is 3.02. The van der Waals surface area contributed by atoms with Gasteiger partial charge in [0, 0.05) is 25.2 Å². The monoisotopic (exact) mass is 261 g/mol. The van der Waals surface area contributed by atoms with Gasteiger partial charge in [-0.2, -0.15) is 0 Å². The fourth-order valence-corrected chi connectivity index (χ4v) is 2.03. The number of nitrogens with one attached hydrogen (secondary N) is 1. The maximum atomic E-state index is 5.78. The Morgan fingerprint density at radius 3 is 3.00 bits per heavy atom.